The number of para-hydroxylation sites is 2. The molecule has 10 nitrogen and oxygen atoms in total. The predicted molar refractivity (Wildman–Crippen MR) is 96.8 cm³/mol. The third-order valence-corrected chi connectivity index (χ3v) is 3.85. The molecule has 27 heavy (non-hydrogen) atoms. The zero-order chi connectivity index (χ0) is 19.6. The highest BCUT2D eigenvalue weighted by Gasteiger charge is 2.32. The van der Waals surface area contributed by atoms with Crippen molar-refractivity contribution >= 4 is 28.6 Å². The van der Waals surface area contributed by atoms with Gasteiger partial charge in [0.05, 0.1) is 37.3 Å². The topological polar surface area (TPSA) is 129 Å². The summed E-state index contributed by atoms with van der Waals surface area (Å²) in [4.78, 5) is 30.8. The van der Waals surface area contributed by atoms with E-state index in [1.54, 1.807) is 18.2 Å². The molecule has 0 radical (unpaired) electrons. The van der Waals surface area contributed by atoms with E-state index in [4.69, 9.17) is 14.2 Å². The number of imidazole rings is 1. The minimum Gasteiger partial charge on any atom is -0.493 e. The van der Waals surface area contributed by atoms with Crippen molar-refractivity contribution in [3.05, 3.63) is 46.0 Å². The number of ether oxygens (including phenoxy) is 3. The fraction of sp³-hybridized carbons (Fsp3) is 0.176. The highest BCUT2D eigenvalue weighted by atomic mass is 16.6. The third-order valence-electron chi connectivity index (χ3n) is 3.85. The monoisotopic (exact) mass is 372 g/mol. The lowest BCUT2D eigenvalue weighted by Crippen LogP contribution is -2.16. The number of hydrogen-bond acceptors (Lipinski definition) is 7. The lowest BCUT2D eigenvalue weighted by molar-refractivity contribution is -0.386. The quantitative estimate of drug-likeness (QED) is 0.503. The Kier molecular flexibility index (Phi) is 4.79. The number of nitrogens with zero attached hydrogens (tertiary/aromatic N) is 2. The molecule has 140 valence electrons. The number of nitrogens with one attached hydrogen (secondary N) is 2. The number of rotatable bonds is 6. The lowest BCUT2D eigenvalue weighted by atomic mass is 10.1. The van der Waals surface area contributed by atoms with Gasteiger partial charge >= 0.3 is 5.69 Å². The second-order valence-electron chi connectivity index (χ2n) is 5.36. The van der Waals surface area contributed by atoms with Crippen LogP contribution in [0.3, 0.4) is 0 Å². The molecule has 1 amide bonds. The number of hydrogen-bond donors (Lipinski definition) is 2. The van der Waals surface area contributed by atoms with Crippen LogP contribution in [-0.2, 0) is 0 Å². The minimum absolute atomic E-state index is 0.0204. The number of nitro benzene ring substituents is 1. The average molecular weight is 372 g/mol. The second-order valence-corrected chi connectivity index (χ2v) is 5.36. The Bertz CT molecular complexity index is 997. The fourth-order valence-corrected chi connectivity index (χ4v) is 2.68. The number of aromatic nitrogens is 2. The minimum atomic E-state index is -0.750. The summed E-state index contributed by atoms with van der Waals surface area (Å²) in [5, 5.41) is 14.1. The van der Waals surface area contributed by atoms with E-state index in [0.717, 1.165) is 0 Å². The normalized spacial score (nSPS) is 10.5. The summed E-state index contributed by atoms with van der Waals surface area (Å²) in [7, 11) is 3.91. The number of fused-ring (bicyclic) bond motifs is 1. The smallest absolute Gasteiger partial charge is 0.327 e. The Hall–Kier alpha value is -3.82. The number of anilines is 1. The SMILES string of the molecule is COc1cc(C(=O)Nc2nc3ccccc3[nH]2)c([N+](=O)[O-])c(OC)c1OC. The van der Waals surface area contributed by atoms with Crippen molar-refractivity contribution in [3.63, 3.8) is 0 Å². The van der Waals surface area contributed by atoms with Crippen LogP contribution in [0, 0.1) is 10.1 Å². The van der Waals surface area contributed by atoms with Gasteiger partial charge in [-0.25, -0.2) is 4.98 Å². The first-order valence-electron chi connectivity index (χ1n) is 7.73. The zero-order valence-electron chi connectivity index (χ0n) is 14.7. The third kappa shape index (κ3) is 3.19. The van der Waals surface area contributed by atoms with Gasteiger partial charge in [0.15, 0.2) is 5.75 Å². The first-order chi connectivity index (χ1) is 13.0. The highest BCUT2D eigenvalue weighted by Crippen LogP contribution is 2.46. The molecule has 0 saturated heterocycles. The first-order valence-corrected chi connectivity index (χ1v) is 7.73. The van der Waals surface area contributed by atoms with Gasteiger partial charge in [-0.05, 0) is 12.1 Å². The van der Waals surface area contributed by atoms with Gasteiger partial charge in [0.25, 0.3) is 5.91 Å². The van der Waals surface area contributed by atoms with Crippen LogP contribution >= 0.6 is 0 Å². The number of amides is 1. The number of methoxy groups -OCH3 is 3. The Morgan fingerprint density at radius 2 is 1.85 bits per heavy atom. The standard InChI is InChI=1S/C17H16N4O6/c1-25-12-8-9(13(21(23)24)15(27-3)14(12)26-2)16(22)20-17-18-10-6-4-5-7-11(10)19-17/h4-8H,1-3H3,(H2,18,19,20,22). The Balaban J connectivity index is 2.08. The molecule has 0 aliphatic carbocycles. The van der Waals surface area contributed by atoms with Crippen LogP contribution in [0.4, 0.5) is 11.6 Å². The molecule has 2 N–H and O–H groups in total. The maximum atomic E-state index is 12.7. The summed E-state index contributed by atoms with van der Waals surface area (Å²) < 4.78 is 15.4. The molecule has 0 spiro atoms. The van der Waals surface area contributed by atoms with Crippen LogP contribution in [0.15, 0.2) is 30.3 Å². The second kappa shape index (κ2) is 7.20. The molecular weight excluding hydrogens is 356 g/mol. The molecule has 1 aromatic heterocycles. The molecule has 0 atom stereocenters. The molecule has 0 unspecified atom stereocenters. The number of H-pyrrole nitrogens is 1. The number of carbonyl (C=O) groups is 1. The summed E-state index contributed by atoms with van der Waals surface area (Å²) in [6.45, 7) is 0. The van der Waals surface area contributed by atoms with Crippen molar-refractivity contribution in [3.8, 4) is 17.2 Å². The number of carbonyl (C=O) groups excluding carboxylic acids is 1. The first kappa shape index (κ1) is 18.0. The van der Waals surface area contributed by atoms with Gasteiger partial charge in [-0.1, -0.05) is 12.1 Å². The van der Waals surface area contributed by atoms with E-state index in [0.29, 0.717) is 11.0 Å². The molecule has 0 bridgehead atoms. The molecule has 10 heteroatoms. The van der Waals surface area contributed by atoms with Gasteiger partial charge in [-0.2, -0.15) is 0 Å². The Morgan fingerprint density at radius 3 is 2.44 bits per heavy atom. The van der Waals surface area contributed by atoms with Crippen molar-refractivity contribution in [1.29, 1.82) is 0 Å². The molecule has 0 fully saturated rings. The largest absolute Gasteiger partial charge is 0.493 e. The van der Waals surface area contributed by atoms with Gasteiger partial charge in [-0.3, -0.25) is 20.2 Å². The van der Waals surface area contributed by atoms with Crippen molar-refractivity contribution in [1.82, 2.24) is 9.97 Å². The van der Waals surface area contributed by atoms with Crippen molar-refractivity contribution < 1.29 is 23.9 Å². The lowest BCUT2D eigenvalue weighted by Gasteiger charge is -2.14. The summed E-state index contributed by atoms with van der Waals surface area (Å²) in [6.07, 6.45) is 0. The summed E-state index contributed by atoms with van der Waals surface area (Å²) in [5.74, 6) is -0.664. The van der Waals surface area contributed by atoms with E-state index in [-0.39, 0.29) is 28.8 Å². The van der Waals surface area contributed by atoms with E-state index >= 15 is 0 Å². The van der Waals surface area contributed by atoms with Gasteiger partial charge in [0.1, 0.15) is 5.56 Å². The fourth-order valence-electron chi connectivity index (χ4n) is 2.68. The van der Waals surface area contributed by atoms with E-state index in [2.05, 4.69) is 15.3 Å². The van der Waals surface area contributed by atoms with E-state index < -0.39 is 16.5 Å². The van der Waals surface area contributed by atoms with Gasteiger partial charge in [0, 0.05) is 6.07 Å². The summed E-state index contributed by atoms with van der Waals surface area (Å²) in [5.41, 5.74) is 0.568. The van der Waals surface area contributed by atoms with E-state index in [9.17, 15) is 14.9 Å². The predicted octanol–water partition coefficient (Wildman–Crippen LogP) is 2.75. The van der Waals surface area contributed by atoms with Gasteiger partial charge in [-0.15, -0.1) is 0 Å². The Labute approximate surface area is 153 Å². The van der Waals surface area contributed by atoms with Crippen molar-refractivity contribution in [2.24, 2.45) is 0 Å². The Morgan fingerprint density at radius 1 is 1.15 bits per heavy atom. The highest BCUT2D eigenvalue weighted by molar-refractivity contribution is 6.08. The van der Waals surface area contributed by atoms with Crippen LogP contribution < -0.4 is 19.5 Å². The number of benzene rings is 2. The summed E-state index contributed by atoms with van der Waals surface area (Å²) >= 11 is 0. The van der Waals surface area contributed by atoms with Crippen LogP contribution in [0.5, 0.6) is 17.2 Å². The maximum absolute atomic E-state index is 12.7. The number of aromatic amines is 1. The number of nitro groups is 1. The van der Waals surface area contributed by atoms with E-state index in [1.807, 2.05) is 6.07 Å². The maximum Gasteiger partial charge on any atom is 0.327 e. The van der Waals surface area contributed by atoms with Crippen LogP contribution in [0.2, 0.25) is 0 Å². The van der Waals surface area contributed by atoms with Crippen LogP contribution in [0.1, 0.15) is 10.4 Å². The van der Waals surface area contributed by atoms with Gasteiger partial charge in [0.2, 0.25) is 17.4 Å². The van der Waals surface area contributed by atoms with Crippen LogP contribution in [-0.4, -0.2) is 42.1 Å². The van der Waals surface area contributed by atoms with Gasteiger partial charge < -0.3 is 19.2 Å². The van der Waals surface area contributed by atoms with Crippen LogP contribution in [0.25, 0.3) is 11.0 Å². The molecular formula is C17H16N4O6. The molecule has 3 rings (SSSR count). The van der Waals surface area contributed by atoms with Crippen molar-refractivity contribution in [2.45, 2.75) is 0 Å². The molecule has 0 aliphatic rings. The van der Waals surface area contributed by atoms with E-state index in [1.165, 1.54) is 27.4 Å². The average Bonchev–Trinajstić information content (AvgIpc) is 3.07. The molecule has 2 aromatic carbocycles. The molecule has 3 aromatic rings. The molecule has 0 saturated carbocycles. The summed E-state index contributed by atoms with van der Waals surface area (Å²) in [6, 6.07) is 8.40. The van der Waals surface area contributed by atoms with Crippen molar-refractivity contribution in [2.75, 3.05) is 26.6 Å². The molecule has 1 heterocycles. The molecule has 0 aliphatic heterocycles. The zero-order valence-corrected chi connectivity index (χ0v) is 14.7.